The van der Waals surface area contributed by atoms with Gasteiger partial charge in [-0.25, -0.2) is 4.39 Å². The molecule has 0 bridgehead atoms. The lowest BCUT2D eigenvalue weighted by Gasteiger charge is -2.38. The Bertz CT molecular complexity index is 575. The molecule has 2 fully saturated rings. The predicted octanol–water partition coefficient (Wildman–Crippen LogP) is 6.92. The summed E-state index contributed by atoms with van der Waals surface area (Å²) in [5.41, 5.74) is 0. The maximum atomic E-state index is 12.9. The molecule has 2 atom stereocenters. The highest BCUT2D eigenvalue weighted by atomic mass is 19.1. The first-order valence-electron chi connectivity index (χ1n) is 11.1. The van der Waals surface area contributed by atoms with Crippen LogP contribution < -0.4 is 4.74 Å². The number of esters is 1. The van der Waals surface area contributed by atoms with Gasteiger partial charge in [-0.05, 0) is 73.6 Å². The summed E-state index contributed by atoms with van der Waals surface area (Å²) in [5, 5.41) is 0. The quantitative estimate of drug-likeness (QED) is 0.382. The highest BCUT2D eigenvalue weighted by Crippen LogP contribution is 2.43. The van der Waals surface area contributed by atoms with Crippen LogP contribution in [0.1, 0.15) is 84.0 Å². The van der Waals surface area contributed by atoms with Gasteiger partial charge in [0.05, 0.1) is 0 Å². The van der Waals surface area contributed by atoms with Crippen molar-refractivity contribution in [2.75, 3.05) is 0 Å². The molecular formula is C24H35FO2. The van der Waals surface area contributed by atoms with E-state index in [0.717, 1.165) is 24.2 Å². The van der Waals surface area contributed by atoms with E-state index in [2.05, 4.69) is 6.92 Å². The maximum absolute atomic E-state index is 12.9. The third-order valence-corrected chi connectivity index (χ3v) is 6.88. The minimum atomic E-state index is -0.313. The van der Waals surface area contributed by atoms with Crippen LogP contribution >= 0.6 is 0 Å². The van der Waals surface area contributed by atoms with Crippen LogP contribution in [0.2, 0.25) is 0 Å². The van der Waals surface area contributed by atoms with Gasteiger partial charge in [0, 0.05) is 6.42 Å². The lowest BCUT2D eigenvalue weighted by atomic mass is 9.67. The van der Waals surface area contributed by atoms with E-state index in [0.29, 0.717) is 18.1 Å². The molecule has 0 amide bonds. The van der Waals surface area contributed by atoms with Gasteiger partial charge in [-0.2, -0.15) is 0 Å². The Morgan fingerprint density at radius 3 is 2.41 bits per heavy atom. The first-order chi connectivity index (χ1) is 13.1. The number of rotatable bonds is 7. The van der Waals surface area contributed by atoms with Gasteiger partial charge in [-0.3, -0.25) is 4.79 Å². The Balaban J connectivity index is 1.39. The molecule has 2 aliphatic carbocycles. The molecule has 1 aromatic rings. The molecule has 0 saturated heterocycles. The van der Waals surface area contributed by atoms with Gasteiger partial charge < -0.3 is 4.74 Å². The standard InChI is InChI=1S/C24H35FO2/c1-2-4-18-7-10-20(11-8-18)21-6-3-5-19(17-21)9-16-24(26)27-23-14-12-22(25)13-15-23/h12-15,18-21H,2-11,16-17H2,1H3/t18?,19?,20?,21-/m0/s1. The third-order valence-electron chi connectivity index (χ3n) is 6.88. The zero-order valence-corrected chi connectivity index (χ0v) is 16.8. The van der Waals surface area contributed by atoms with Gasteiger partial charge in [0.25, 0.3) is 0 Å². The molecule has 2 aliphatic rings. The summed E-state index contributed by atoms with van der Waals surface area (Å²) in [4.78, 5) is 12.1. The number of ether oxygens (including phenoxy) is 1. The zero-order chi connectivity index (χ0) is 19.1. The second-order valence-electron chi connectivity index (χ2n) is 8.83. The fourth-order valence-corrected chi connectivity index (χ4v) is 5.39. The normalized spacial score (nSPS) is 28.7. The molecule has 150 valence electrons. The number of benzene rings is 1. The Kier molecular flexibility index (Phi) is 7.72. The van der Waals surface area contributed by atoms with Gasteiger partial charge >= 0.3 is 5.97 Å². The van der Waals surface area contributed by atoms with E-state index in [-0.39, 0.29) is 11.8 Å². The lowest BCUT2D eigenvalue weighted by molar-refractivity contribution is -0.134. The van der Waals surface area contributed by atoms with Crippen LogP contribution in [-0.2, 0) is 4.79 Å². The minimum absolute atomic E-state index is 0.191. The topological polar surface area (TPSA) is 26.3 Å². The van der Waals surface area contributed by atoms with Crippen LogP contribution in [0.5, 0.6) is 5.75 Å². The molecular weight excluding hydrogens is 339 g/mol. The summed E-state index contributed by atoms with van der Waals surface area (Å²) in [7, 11) is 0. The summed E-state index contributed by atoms with van der Waals surface area (Å²) < 4.78 is 18.3. The molecule has 3 heteroatoms. The largest absolute Gasteiger partial charge is 0.427 e. The second kappa shape index (κ2) is 10.2. The van der Waals surface area contributed by atoms with Crippen molar-refractivity contribution in [3.63, 3.8) is 0 Å². The fourth-order valence-electron chi connectivity index (χ4n) is 5.39. The van der Waals surface area contributed by atoms with E-state index in [1.165, 1.54) is 88.5 Å². The van der Waals surface area contributed by atoms with Crippen molar-refractivity contribution in [2.24, 2.45) is 23.7 Å². The highest BCUT2D eigenvalue weighted by Gasteiger charge is 2.31. The first-order valence-corrected chi connectivity index (χ1v) is 11.1. The summed E-state index contributed by atoms with van der Waals surface area (Å²) in [6, 6.07) is 5.67. The molecule has 0 radical (unpaired) electrons. The molecule has 1 unspecified atom stereocenters. The average molecular weight is 375 g/mol. The molecule has 0 aliphatic heterocycles. The van der Waals surface area contributed by atoms with Gasteiger partial charge in [0.1, 0.15) is 11.6 Å². The van der Waals surface area contributed by atoms with E-state index < -0.39 is 0 Å². The molecule has 0 aromatic heterocycles. The number of halogens is 1. The number of hydrogen-bond acceptors (Lipinski definition) is 2. The number of hydrogen-bond donors (Lipinski definition) is 0. The van der Waals surface area contributed by atoms with Crippen molar-refractivity contribution in [1.29, 1.82) is 0 Å². The summed E-state index contributed by atoms with van der Waals surface area (Å²) >= 11 is 0. The van der Waals surface area contributed by atoms with Crippen molar-refractivity contribution in [1.82, 2.24) is 0 Å². The van der Waals surface area contributed by atoms with Crippen molar-refractivity contribution < 1.29 is 13.9 Å². The third kappa shape index (κ3) is 6.33. The van der Waals surface area contributed by atoms with E-state index in [1.807, 2.05) is 0 Å². The van der Waals surface area contributed by atoms with Gasteiger partial charge in [-0.15, -0.1) is 0 Å². The van der Waals surface area contributed by atoms with E-state index >= 15 is 0 Å². The lowest BCUT2D eigenvalue weighted by Crippen LogP contribution is -2.27. The maximum Gasteiger partial charge on any atom is 0.311 e. The van der Waals surface area contributed by atoms with Gasteiger partial charge in [0.15, 0.2) is 0 Å². The Hall–Kier alpha value is -1.38. The molecule has 2 saturated carbocycles. The molecule has 1 aromatic carbocycles. The van der Waals surface area contributed by atoms with E-state index in [4.69, 9.17) is 4.74 Å². The molecule has 2 nitrogen and oxygen atoms in total. The van der Waals surface area contributed by atoms with Crippen LogP contribution in [0.15, 0.2) is 24.3 Å². The monoisotopic (exact) mass is 374 g/mol. The van der Waals surface area contributed by atoms with Crippen molar-refractivity contribution in [3.8, 4) is 5.75 Å². The smallest absolute Gasteiger partial charge is 0.311 e. The Morgan fingerprint density at radius 2 is 1.70 bits per heavy atom. The molecule has 27 heavy (non-hydrogen) atoms. The van der Waals surface area contributed by atoms with Crippen molar-refractivity contribution >= 4 is 5.97 Å². The predicted molar refractivity (Wildman–Crippen MR) is 107 cm³/mol. The molecule has 0 heterocycles. The first kappa shape index (κ1) is 20.4. The van der Waals surface area contributed by atoms with Crippen LogP contribution in [0.25, 0.3) is 0 Å². The zero-order valence-electron chi connectivity index (χ0n) is 16.8. The van der Waals surface area contributed by atoms with E-state index in [9.17, 15) is 9.18 Å². The van der Waals surface area contributed by atoms with Crippen LogP contribution in [0.4, 0.5) is 4.39 Å². The molecule has 0 spiro atoms. The Labute approximate surface area is 163 Å². The minimum Gasteiger partial charge on any atom is -0.427 e. The summed E-state index contributed by atoms with van der Waals surface area (Å²) in [6.07, 6.45) is 15.1. The highest BCUT2D eigenvalue weighted by molar-refractivity contribution is 5.72. The van der Waals surface area contributed by atoms with Gasteiger partial charge in [0.2, 0.25) is 0 Å². The fraction of sp³-hybridized carbons (Fsp3) is 0.708. The SMILES string of the molecule is CCCC1CCC([C@H]2CCCC(CCC(=O)Oc3ccc(F)cc3)C2)CC1. The summed E-state index contributed by atoms with van der Waals surface area (Å²) in [5.74, 6) is 3.37. The van der Waals surface area contributed by atoms with Crippen molar-refractivity contribution in [2.45, 2.75) is 84.0 Å². The summed E-state index contributed by atoms with van der Waals surface area (Å²) in [6.45, 7) is 2.30. The average Bonchev–Trinajstić information content (AvgIpc) is 2.69. The van der Waals surface area contributed by atoms with Gasteiger partial charge in [-0.1, -0.05) is 51.9 Å². The van der Waals surface area contributed by atoms with Crippen molar-refractivity contribution in [3.05, 3.63) is 30.1 Å². The van der Waals surface area contributed by atoms with Crippen LogP contribution in [0, 0.1) is 29.5 Å². The van der Waals surface area contributed by atoms with E-state index in [1.54, 1.807) is 0 Å². The van der Waals surface area contributed by atoms with Crippen LogP contribution in [-0.4, -0.2) is 5.97 Å². The molecule has 0 N–H and O–H groups in total. The number of carbonyl (C=O) groups is 1. The second-order valence-corrected chi connectivity index (χ2v) is 8.83. The Morgan fingerprint density at radius 1 is 0.963 bits per heavy atom. The molecule has 3 rings (SSSR count). The van der Waals surface area contributed by atoms with Crippen LogP contribution in [0.3, 0.4) is 0 Å². The number of carbonyl (C=O) groups excluding carboxylic acids is 1.